The van der Waals surface area contributed by atoms with E-state index < -0.39 is 5.97 Å². The second-order valence-electron chi connectivity index (χ2n) is 5.26. The van der Waals surface area contributed by atoms with Gasteiger partial charge in [-0.1, -0.05) is 24.3 Å². The molecule has 1 aromatic heterocycles. The fraction of sp³-hybridized carbons (Fsp3) is 0. The summed E-state index contributed by atoms with van der Waals surface area (Å²) in [6, 6.07) is 17.4. The molecule has 1 heterocycles. The van der Waals surface area contributed by atoms with E-state index in [1.165, 1.54) is 36.4 Å². The van der Waals surface area contributed by atoms with Gasteiger partial charge in [0.2, 0.25) is 0 Å². The summed E-state index contributed by atoms with van der Waals surface area (Å²) in [5.74, 6) is -0.460. The third kappa shape index (κ3) is 3.65. The molecule has 0 fully saturated rings. The maximum Gasteiger partial charge on any atom is 0.335 e. The molecule has 0 radical (unpaired) electrons. The maximum absolute atomic E-state index is 13.0. The van der Waals surface area contributed by atoms with Gasteiger partial charge in [0, 0.05) is 5.56 Å². The Morgan fingerprint density at radius 2 is 1.84 bits per heavy atom. The van der Waals surface area contributed by atoms with E-state index in [9.17, 15) is 14.4 Å². The molecule has 5 heteroatoms. The number of aromatic carboxylic acids is 1. The highest BCUT2D eigenvalue weighted by atomic mass is 19.1. The van der Waals surface area contributed by atoms with Crippen molar-refractivity contribution in [2.45, 2.75) is 0 Å². The van der Waals surface area contributed by atoms with Crippen LogP contribution in [-0.2, 0) is 0 Å². The van der Waals surface area contributed by atoms with Gasteiger partial charge in [-0.15, -0.1) is 0 Å². The zero-order valence-electron chi connectivity index (χ0n) is 12.9. The van der Waals surface area contributed by atoms with Gasteiger partial charge < -0.3 is 9.52 Å². The van der Waals surface area contributed by atoms with Gasteiger partial charge in [-0.3, -0.25) is 0 Å². The molecule has 0 aliphatic rings. The Hall–Kier alpha value is -3.65. The summed E-state index contributed by atoms with van der Waals surface area (Å²) in [5, 5.41) is 18.4. The quantitative estimate of drug-likeness (QED) is 0.693. The minimum Gasteiger partial charge on any atom is -0.478 e. The molecule has 0 atom stereocenters. The van der Waals surface area contributed by atoms with Crippen molar-refractivity contribution in [3.05, 3.63) is 83.4 Å². The predicted octanol–water partition coefficient (Wildman–Crippen LogP) is 4.85. The van der Waals surface area contributed by atoms with E-state index in [2.05, 4.69) is 6.07 Å². The van der Waals surface area contributed by atoms with Crippen molar-refractivity contribution >= 4 is 17.6 Å². The fourth-order valence-corrected chi connectivity index (χ4v) is 2.34. The van der Waals surface area contributed by atoms with Crippen LogP contribution in [0.1, 0.15) is 21.7 Å². The molecule has 3 rings (SSSR count). The molecule has 0 aliphatic carbocycles. The van der Waals surface area contributed by atoms with Crippen molar-refractivity contribution in [2.24, 2.45) is 0 Å². The first kappa shape index (κ1) is 16.2. The minimum atomic E-state index is -1.02. The van der Waals surface area contributed by atoms with Gasteiger partial charge in [0.05, 0.1) is 17.2 Å². The lowest BCUT2D eigenvalue weighted by Gasteiger charge is -2.00. The molecular weight excluding hydrogens is 321 g/mol. The fourth-order valence-electron chi connectivity index (χ4n) is 2.34. The Labute approximate surface area is 143 Å². The van der Waals surface area contributed by atoms with Crippen molar-refractivity contribution in [3.63, 3.8) is 0 Å². The summed E-state index contributed by atoms with van der Waals surface area (Å²) in [7, 11) is 0. The molecule has 3 aromatic rings. The monoisotopic (exact) mass is 333 g/mol. The molecule has 0 saturated carbocycles. The highest BCUT2D eigenvalue weighted by Crippen LogP contribution is 2.26. The molecule has 122 valence electrons. The van der Waals surface area contributed by atoms with Crippen LogP contribution in [0, 0.1) is 17.1 Å². The highest BCUT2D eigenvalue weighted by Gasteiger charge is 2.09. The summed E-state index contributed by atoms with van der Waals surface area (Å²) in [6.45, 7) is 0. The number of hydrogen-bond donors (Lipinski definition) is 1. The number of carboxylic acid groups (broad SMARTS) is 1. The number of nitriles is 1. The highest BCUT2D eigenvalue weighted by molar-refractivity contribution is 5.90. The first-order valence-electron chi connectivity index (χ1n) is 7.38. The summed E-state index contributed by atoms with van der Waals surface area (Å²) >= 11 is 0. The van der Waals surface area contributed by atoms with E-state index in [1.807, 2.05) is 0 Å². The molecule has 0 spiro atoms. The zero-order chi connectivity index (χ0) is 17.8. The van der Waals surface area contributed by atoms with Crippen LogP contribution in [-0.4, -0.2) is 11.1 Å². The van der Waals surface area contributed by atoms with Crippen LogP contribution in [0.3, 0.4) is 0 Å². The Morgan fingerprint density at radius 3 is 2.52 bits per heavy atom. The van der Waals surface area contributed by atoms with Gasteiger partial charge in [0.1, 0.15) is 17.3 Å². The predicted molar refractivity (Wildman–Crippen MR) is 91.0 cm³/mol. The van der Waals surface area contributed by atoms with Crippen LogP contribution in [0.4, 0.5) is 4.39 Å². The third-order valence-corrected chi connectivity index (χ3v) is 3.58. The van der Waals surface area contributed by atoms with E-state index in [4.69, 9.17) is 9.52 Å². The van der Waals surface area contributed by atoms with Crippen molar-refractivity contribution < 1.29 is 18.7 Å². The first-order valence-corrected chi connectivity index (χ1v) is 7.38. The van der Waals surface area contributed by atoms with Gasteiger partial charge in [-0.05, 0) is 48.0 Å². The van der Waals surface area contributed by atoms with E-state index >= 15 is 0 Å². The second-order valence-corrected chi connectivity index (χ2v) is 5.26. The molecule has 4 nitrogen and oxygen atoms in total. The molecule has 0 bridgehead atoms. The van der Waals surface area contributed by atoms with Gasteiger partial charge in [0.25, 0.3) is 0 Å². The van der Waals surface area contributed by atoms with Gasteiger partial charge in [-0.2, -0.15) is 5.26 Å². The number of carboxylic acids is 1. The maximum atomic E-state index is 13.0. The lowest BCUT2D eigenvalue weighted by Crippen LogP contribution is -1.95. The second kappa shape index (κ2) is 6.85. The number of nitrogens with zero attached hydrogens (tertiary/aromatic N) is 1. The lowest BCUT2D eigenvalue weighted by atomic mass is 10.1. The van der Waals surface area contributed by atoms with E-state index in [1.54, 1.807) is 30.3 Å². The van der Waals surface area contributed by atoms with Crippen molar-refractivity contribution in [1.82, 2.24) is 0 Å². The Bertz CT molecular complexity index is 994. The molecule has 0 aliphatic heterocycles. The molecule has 2 aromatic carbocycles. The smallest absolute Gasteiger partial charge is 0.335 e. The number of carbonyl (C=O) groups is 1. The number of halogens is 1. The number of allylic oxidation sites excluding steroid dienone is 1. The van der Waals surface area contributed by atoms with Crippen LogP contribution >= 0.6 is 0 Å². The summed E-state index contributed by atoms with van der Waals surface area (Å²) in [4.78, 5) is 11.1. The SMILES string of the molecule is N#C/C(=C\c1ccc(-c2cccc(C(=O)O)c2)o1)c1ccc(F)cc1. The lowest BCUT2D eigenvalue weighted by molar-refractivity contribution is 0.0697. The van der Waals surface area contributed by atoms with Crippen molar-refractivity contribution in [3.8, 4) is 17.4 Å². The van der Waals surface area contributed by atoms with E-state index in [0.29, 0.717) is 28.2 Å². The number of benzene rings is 2. The number of furan rings is 1. The van der Waals surface area contributed by atoms with Crippen molar-refractivity contribution in [2.75, 3.05) is 0 Å². The van der Waals surface area contributed by atoms with Crippen LogP contribution in [0.15, 0.2) is 65.1 Å². The van der Waals surface area contributed by atoms with Crippen LogP contribution in [0.25, 0.3) is 23.0 Å². The Kier molecular flexibility index (Phi) is 4.44. The normalized spacial score (nSPS) is 11.1. The van der Waals surface area contributed by atoms with Crippen LogP contribution in [0.2, 0.25) is 0 Å². The largest absolute Gasteiger partial charge is 0.478 e. The number of hydrogen-bond acceptors (Lipinski definition) is 3. The summed E-state index contributed by atoms with van der Waals surface area (Å²) in [6.07, 6.45) is 1.55. The summed E-state index contributed by atoms with van der Waals surface area (Å²) < 4.78 is 18.7. The molecule has 0 unspecified atom stereocenters. The average Bonchev–Trinajstić information content (AvgIpc) is 3.09. The van der Waals surface area contributed by atoms with Gasteiger partial charge >= 0.3 is 5.97 Å². The third-order valence-electron chi connectivity index (χ3n) is 3.58. The Balaban J connectivity index is 1.93. The van der Waals surface area contributed by atoms with Crippen LogP contribution < -0.4 is 0 Å². The summed E-state index contributed by atoms with van der Waals surface area (Å²) in [5.41, 5.74) is 1.70. The average molecular weight is 333 g/mol. The molecule has 0 saturated heterocycles. The molecular formula is C20H12FNO3. The Morgan fingerprint density at radius 1 is 1.08 bits per heavy atom. The van der Waals surface area contributed by atoms with E-state index in [-0.39, 0.29) is 11.4 Å². The van der Waals surface area contributed by atoms with Gasteiger partial charge in [0.15, 0.2) is 0 Å². The van der Waals surface area contributed by atoms with Gasteiger partial charge in [-0.25, -0.2) is 9.18 Å². The molecule has 1 N–H and O–H groups in total. The zero-order valence-corrected chi connectivity index (χ0v) is 12.9. The topological polar surface area (TPSA) is 74.2 Å². The standard InChI is InChI=1S/C20H12FNO3/c21-17-6-4-13(5-7-17)16(12-22)11-18-8-9-19(25-18)14-2-1-3-15(10-14)20(23)24/h1-11H,(H,23,24)/b16-11+. The van der Waals surface area contributed by atoms with E-state index in [0.717, 1.165) is 0 Å². The first-order chi connectivity index (χ1) is 12.1. The van der Waals surface area contributed by atoms with Crippen molar-refractivity contribution in [1.29, 1.82) is 5.26 Å². The number of rotatable bonds is 4. The minimum absolute atomic E-state index is 0.162. The molecule has 0 amide bonds. The van der Waals surface area contributed by atoms with Crippen LogP contribution in [0.5, 0.6) is 0 Å². The molecule has 25 heavy (non-hydrogen) atoms.